The minimum Gasteiger partial charge on any atom is -0.340 e. The maximum absolute atomic E-state index is 5.08. The molecule has 26 heavy (non-hydrogen) atoms. The third kappa shape index (κ3) is 3.76. The largest absolute Gasteiger partial charge is 0.340 e. The van der Waals surface area contributed by atoms with Gasteiger partial charge in [-0.3, -0.25) is 14.2 Å². The minimum atomic E-state index is 0.544. The van der Waals surface area contributed by atoms with Crippen molar-refractivity contribution in [2.24, 2.45) is 0 Å². The molecule has 1 atom stereocenters. The maximum atomic E-state index is 5.08. The van der Waals surface area contributed by atoms with Crippen LogP contribution in [0.5, 0.6) is 0 Å². The molecule has 0 unspecified atom stereocenters. The van der Waals surface area contributed by atoms with Crippen LogP contribution in [0.4, 0.5) is 0 Å². The molecule has 8 nitrogen and oxygen atoms in total. The number of fused-ring (bicyclic) bond motifs is 1. The fraction of sp³-hybridized carbons (Fsp3) is 0.556. The topological polar surface area (TPSA) is 75.6 Å². The van der Waals surface area contributed by atoms with E-state index in [9.17, 15) is 0 Å². The highest BCUT2D eigenvalue weighted by Crippen LogP contribution is 2.19. The molecule has 0 amide bonds. The summed E-state index contributed by atoms with van der Waals surface area (Å²) in [5.74, 6) is 2.16. The van der Waals surface area contributed by atoms with E-state index >= 15 is 0 Å². The van der Waals surface area contributed by atoms with Gasteiger partial charge in [0, 0.05) is 38.4 Å². The highest BCUT2D eigenvalue weighted by atomic mass is 16.5. The van der Waals surface area contributed by atoms with Gasteiger partial charge in [0.15, 0.2) is 5.82 Å². The summed E-state index contributed by atoms with van der Waals surface area (Å²) in [7, 11) is 2.15. The smallest absolute Gasteiger partial charge is 0.233 e. The van der Waals surface area contributed by atoms with Crippen LogP contribution in [-0.2, 0) is 13.1 Å². The van der Waals surface area contributed by atoms with Gasteiger partial charge in [0.2, 0.25) is 11.7 Å². The first-order chi connectivity index (χ1) is 12.7. The van der Waals surface area contributed by atoms with E-state index in [1.165, 1.54) is 18.5 Å². The first kappa shape index (κ1) is 17.1. The van der Waals surface area contributed by atoms with Crippen LogP contribution in [-0.4, -0.2) is 60.5 Å². The van der Waals surface area contributed by atoms with Gasteiger partial charge in [0.1, 0.15) is 0 Å². The van der Waals surface area contributed by atoms with E-state index in [1.807, 2.05) is 25.4 Å². The highest BCUT2D eigenvalue weighted by molar-refractivity contribution is 5.30. The highest BCUT2D eigenvalue weighted by Gasteiger charge is 2.22. The van der Waals surface area contributed by atoms with Crippen molar-refractivity contribution in [1.29, 1.82) is 0 Å². The molecule has 0 spiro atoms. The van der Waals surface area contributed by atoms with E-state index in [4.69, 9.17) is 4.52 Å². The standard InChI is InChI=1S/C18H25N7O/c1-14-21-17(22-26-14)13-23(2)15-5-3-8-24(10-6-15)12-16-11-20-18-19-7-4-9-25(16)18/h4,7,9,11,15H,3,5-6,8,10,12-13H2,1-2H3/t15-/m0/s1. The molecule has 4 rings (SSSR count). The molecular weight excluding hydrogens is 330 g/mol. The van der Waals surface area contributed by atoms with Gasteiger partial charge in [0.05, 0.1) is 18.4 Å². The summed E-state index contributed by atoms with van der Waals surface area (Å²) >= 11 is 0. The van der Waals surface area contributed by atoms with E-state index in [-0.39, 0.29) is 0 Å². The normalized spacial score (nSPS) is 19.3. The Bertz CT molecular complexity index is 858. The van der Waals surface area contributed by atoms with E-state index in [1.54, 1.807) is 6.20 Å². The third-order valence-corrected chi connectivity index (χ3v) is 5.12. The monoisotopic (exact) mass is 355 g/mol. The van der Waals surface area contributed by atoms with E-state index < -0.39 is 0 Å². The number of likely N-dealkylation sites (tertiary alicyclic amines) is 1. The van der Waals surface area contributed by atoms with Gasteiger partial charge in [0.25, 0.3) is 0 Å². The van der Waals surface area contributed by atoms with Crippen molar-refractivity contribution in [1.82, 2.24) is 34.3 Å². The van der Waals surface area contributed by atoms with Crippen molar-refractivity contribution >= 4 is 5.78 Å². The summed E-state index contributed by atoms with van der Waals surface area (Å²) in [6, 6.07) is 2.49. The molecule has 0 bridgehead atoms. The summed E-state index contributed by atoms with van der Waals surface area (Å²) in [4.78, 5) is 17.9. The van der Waals surface area contributed by atoms with Crippen molar-refractivity contribution in [3.63, 3.8) is 0 Å². The number of aromatic nitrogens is 5. The molecule has 0 radical (unpaired) electrons. The van der Waals surface area contributed by atoms with Crippen LogP contribution in [0.2, 0.25) is 0 Å². The Kier molecular flexibility index (Phi) is 4.94. The van der Waals surface area contributed by atoms with Gasteiger partial charge in [-0.15, -0.1) is 0 Å². The SMILES string of the molecule is Cc1nc(CN(C)[C@H]2CCCN(Cc3cnc4ncccn34)CC2)no1. The third-order valence-electron chi connectivity index (χ3n) is 5.12. The Balaban J connectivity index is 1.35. The van der Waals surface area contributed by atoms with Crippen molar-refractivity contribution in [2.75, 3.05) is 20.1 Å². The first-order valence-corrected chi connectivity index (χ1v) is 9.18. The molecule has 1 saturated heterocycles. The Labute approximate surface area is 152 Å². The molecule has 0 saturated carbocycles. The van der Waals surface area contributed by atoms with Crippen LogP contribution in [0, 0.1) is 6.92 Å². The quantitative estimate of drug-likeness (QED) is 0.692. The molecule has 8 heteroatoms. The minimum absolute atomic E-state index is 0.544. The van der Waals surface area contributed by atoms with Crippen LogP contribution in [0.1, 0.15) is 36.7 Å². The Morgan fingerprint density at radius 3 is 3.04 bits per heavy atom. The summed E-state index contributed by atoms with van der Waals surface area (Å²) in [6.07, 6.45) is 9.28. The average molecular weight is 355 g/mol. The number of aryl methyl sites for hydroxylation is 1. The van der Waals surface area contributed by atoms with Crippen molar-refractivity contribution < 1.29 is 4.52 Å². The Morgan fingerprint density at radius 2 is 2.19 bits per heavy atom. The lowest BCUT2D eigenvalue weighted by molar-refractivity contribution is 0.199. The van der Waals surface area contributed by atoms with Crippen molar-refractivity contribution in [3.05, 3.63) is 42.1 Å². The predicted octanol–water partition coefficient (Wildman–Crippen LogP) is 1.91. The molecule has 0 N–H and O–H groups in total. The number of hydrogen-bond acceptors (Lipinski definition) is 7. The van der Waals surface area contributed by atoms with E-state index in [0.717, 1.165) is 44.2 Å². The zero-order chi connectivity index (χ0) is 17.9. The molecule has 1 aliphatic rings. The lowest BCUT2D eigenvalue weighted by Gasteiger charge is -2.26. The van der Waals surface area contributed by atoms with Gasteiger partial charge in [-0.25, -0.2) is 9.97 Å². The molecule has 1 fully saturated rings. The number of hydrogen-bond donors (Lipinski definition) is 0. The predicted molar refractivity (Wildman–Crippen MR) is 96.4 cm³/mol. The Hall–Kier alpha value is -2.32. The molecule has 0 aliphatic carbocycles. The second kappa shape index (κ2) is 7.51. The number of imidazole rings is 1. The van der Waals surface area contributed by atoms with Crippen LogP contribution in [0.3, 0.4) is 0 Å². The van der Waals surface area contributed by atoms with Gasteiger partial charge >= 0.3 is 0 Å². The molecule has 1 aliphatic heterocycles. The lowest BCUT2D eigenvalue weighted by Crippen LogP contribution is -2.33. The number of nitrogens with zero attached hydrogens (tertiary/aromatic N) is 7. The lowest BCUT2D eigenvalue weighted by atomic mass is 10.1. The van der Waals surface area contributed by atoms with Gasteiger partial charge < -0.3 is 4.52 Å². The van der Waals surface area contributed by atoms with Gasteiger partial charge in [-0.1, -0.05) is 5.16 Å². The van der Waals surface area contributed by atoms with Crippen LogP contribution in [0.25, 0.3) is 5.78 Å². The summed E-state index contributed by atoms with van der Waals surface area (Å²) in [6.45, 7) is 5.66. The molecule has 4 heterocycles. The van der Waals surface area contributed by atoms with Gasteiger partial charge in [-0.05, 0) is 38.9 Å². The van der Waals surface area contributed by atoms with Gasteiger partial charge in [-0.2, -0.15) is 4.98 Å². The van der Waals surface area contributed by atoms with Crippen LogP contribution in [0.15, 0.2) is 29.2 Å². The zero-order valence-electron chi connectivity index (χ0n) is 15.4. The second-order valence-corrected chi connectivity index (χ2v) is 7.04. The molecule has 138 valence electrons. The van der Waals surface area contributed by atoms with Crippen molar-refractivity contribution in [3.8, 4) is 0 Å². The second-order valence-electron chi connectivity index (χ2n) is 7.04. The molecule has 3 aromatic rings. The fourth-order valence-electron chi connectivity index (χ4n) is 3.72. The fourth-order valence-corrected chi connectivity index (χ4v) is 3.72. The summed E-state index contributed by atoms with van der Waals surface area (Å²) in [5.41, 5.74) is 1.20. The maximum Gasteiger partial charge on any atom is 0.233 e. The summed E-state index contributed by atoms with van der Waals surface area (Å²) < 4.78 is 7.16. The Morgan fingerprint density at radius 1 is 1.27 bits per heavy atom. The summed E-state index contributed by atoms with van der Waals surface area (Å²) in [5, 5.41) is 4.01. The van der Waals surface area contributed by atoms with E-state index in [0.29, 0.717) is 11.9 Å². The van der Waals surface area contributed by atoms with E-state index in [2.05, 4.69) is 41.4 Å². The molecular formula is C18H25N7O. The molecule has 0 aromatic carbocycles. The first-order valence-electron chi connectivity index (χ1n) is 9.18. The van der Waals surface area contributed by atoms with Crippen molar-refractivity contribution in [2.45, 2.75) is 45.3 Å². The molecule has 3 aromatic heterocycles. The van der Waals surface area contributed by atoms with Crippen LogP contribution >= 0.6 is 0 Å². The zero-order valence-corrected chi connectivity index (χ0v) is 15.4. The van der Waals surface area contributed by atoms with Crippen LogP contribution < -0.4 is 0 Å². The average Bonchev–Trinajstić information content (AvgIpc) is 3.15. The number of rotatable bonds is 5.